The summed E-state index contributed by atoms with van der Waals surface area (Å²) >= 11 is 0. The molecule has 1 heterocycles. The van der Waals surface area contributed by atoms with Gasteiger partial charge in [-0.25, -0.2) is 13.1 Å². The molecule has 0 aromatic carbocycles. The van der Waals surface area contributed by atoms with Gasteiger partial charge in [0, 0.05) is 6.61 Å². The van der Waals surface area contributed by atoms with Crippen LogP contribution in [0.2, 0.25) is 0 Å². The predicted octanol–water partition coefficient (Wildman–Crippen LogP) is 0.493. The molecule has 0 aromatic heterocycles. The van der Waals surface area contributed by atoms with Crippen molar-refractivity contribution in [2.75, 3.05) is 13.2 Å². The summed E-state index contributed by atoms with van der Waals surface area (Å²) in [6, 6.07) is 0. The van der Waals surface area contributed by atoms with Crippen LogP contribution >= 0.6 is 0 Å². The van der Waals surface area contributed by atoms with Crippen molar-refractivity contribution in [2.45, 2.75) is 38.0 Å². The van der Waals surface area contributed by atoms with E-state index in [-0.39, 0.29) is 5.25 Å². The summed E-state index contributed by atoms with van der Waals surface area (Å²) in [7, 11) is -3.17. The summed E-state index contributed by atoms with van der Waals surface area (Å²) < 4.78 is 30.9. The highest BCUT2D eigenvalue weighted by molar-refractivity contribution is 7.90. The summed E-state index contributed by atoms with van der Waals surface area (Å²) in [5, 5.41) is -0.384. The van der Waals surface area contributed by atoms with Crippen LogP contribution in [0.25, 0.3) is 0 Å². The molecule has 1 aliphatic rings. The normalized spacial score (nSPS) is 29.8. The van der Waals surface area contributed by atoms with Crippen molar-refractivity contribution >= 4 is 10.0 Å². The number of ether oxygens (including phenoxy) is 1. The SMILES string of the molecule is CC(C)S(=O)(=O)NC1(C)CCOC1. The van der Waals surface area contributed by atoms with Crippen LogP contribution in [0.15, 0.2) is 0 Å². The summed E-state index contributed by atoms with van der Waals surface area (Å²) in [6.45, 7) is 6.32. The Morgan fingerprint density at radius 3 is 2.46 bits per heavy atom. The Labute approximate surface area is 79.7 Å². The first-order valence-corrected chi connectivity index (χ1v) is 6.01. The quantitative estimate of drug-likeness (QED) is 0.733. The van der Waals surface area contributed by atoms with Crippen molar-refractivity contribution < 1.29 is 13.2 Å². The Morgan fingerprint density at radius 1 is 1.46 bits per heavy atom. The van der Waals surface area contributed by atoms with E-state index < -0.39 is 15.6 Å². The molecule has 78 valence electrons. The maximum atomic E-state index is 11.5. The van der Waals surface area contributed by atoms with Gasteiger partial charge in [-0.05, 0) is 27.2 Å². The first-order chi connectivity index (χ1) is 5.86. The number of nitrogens with one attached hydrogen (secondary N) is 1. The number of sulfonamides is 1. The number of rotatable bonds is 3. The highest BCUT2D eigenvalue weighted by Crippen LogP contribution is 2.19. The van der Waals surface area contributed by atoms with Crippen molar-refractivity contribution in [3.05, 3.63) is 0 Å². The number of hydrogen-bond donors (Lipinski definition) is 1. The minimum absolute atomic E-state index is 0.384. The third kappa shape index (κ3) is 2.65. The standard InChI is InChI=1S/C8H17NO3S/c1-7(2)13(10,11)9-8(3)4-5-12-6-8/h7,9H,4-6H2,1-3H3. The molecule has 0 spiro atoms. The van der Waals surface area contributed by atoms with Gasteiger partial charge in [0.15, 0.2) is 0 Å². The molecule has 13 heavy (non-hydrogen) atoms. The highest BCUT2D eigenvalue weighted by atomic mass is 32.2. The predicted molar refractivity (Wildman–Crippen MR) is 51.0 cm³/mol. The van der Waals surface area contributed by atoms with Crippen LogP contribution in [-0.2, 0) is 14.8 Å². The molecule has 5 heteroatoms. The Balaban J connectivity index is 2.67. The molecule has 0 bridgehead atoms. The van der Waals surface area contributed by atoms with Crippen molar-refractivity contribution in [3.8, 4) is 0 Å². The monoisotopic (exact) mass is 207 g/mol. The molecular weight excluding hydrogens is 190 g/mol. The molecule has 1 saturated heterocycles. The smallest absolute Gasteiger partial charge is 0.214 e. The molecule has 0 aliphatic carbocycles. The second-order valence-corrected chi connectivity index (χ2v) is 6.30. The molecule has 0 amide bonds. The minimum Gasteiger partial charge on any atom is -0.379 e. The van der Waals surface area contributed by atoms with Gasteiger partial charge in [0.25, 0.3) is 0 Å². The van der Waals surface area contributed by atoms with Gasteiger partial charge in [0.2, 0.25) is 10.0 Å². The first kappa shape index (κ1) is 10.9. The molecule has 4 nitrogen and oxygen atoms in total. The van der Waals surface area contributed by atoms with E-state index in [1.165, 1.54) is 0 Å². The Kier molecular flexibility index (Phi) is 2.99. The van der Waals surface area contributed by atoms with Crippen LogP contribution in [-0.4, -0.2) is 32.4 Å². The molecule has 1 rings (SSSR count). The van der Waals surface area contributed by atoms with Crippen molar-refractivity contribution in [2.24, 2.45) is 0 Å². The molecule has 1 atom stereocenters. The molecule has 1 N–H and O–H groups in total. The van der Waals surface area contributed by atoms with Crippen LogP contribution in [0.5, 0.6) is 0 Å². The average molecular weight is 207 g/mol. The lowest BCUT2D eigenvalue weighted by Gasteiger charge is -2.24. The topological polar surface area (TPSA) is 55.4 Å². The molecule has 1 unspecified atom stereocenters. The zero-order chi connectivity index (χ0) is 10.1. The van der Waals surface area contributed by atoms with Gasteiger partial charge in [-0.2, -0.15) is 0 Å². The minimum atomic E-state index is -3.17. The van der Waals surface area contributed by atoms with Crippen LogP contribution < -0.4 is 4.72 Å². The Hall–Kier alpha value is -0.130. The largest absolute Gasteiger partial charge is 0.379 e. The molecule has 0 saturated carbocycles. The maximum absolute atomic E-state index is 11.5. The fraction of sp³-hybridized carbons (Fsp3) is 1.00. The zero-order valence-electron chi connectivity index (χ0n) is 8.33. The Bertz CT molecular complexity index is 265. The van der Waals surface area contributed by atoms with Crippen LogP contribution in [0.3, 0.4) is 0 Å². The van der Waals surface area contributed by atoms with E-state index in [4.69, 9.17) is 4.74 Å². The van der Waals surface area contributed by atoms with Crippen LogP contribution in [0, 0.1) is 0 Å². The number of hydrogen-bond acceptors (Lipinski definition) is 3. The maximum Gasteiger partial charge on any atom is 0.214 e. The zero-order valence-corrected chi connectivity index (χ0v) is 9.15. The van der Waals surface area contributed by atoms with Gasteiger partial charge in [0.05, 0.1) is 17.4 Å². The van der Waals surface area contributed by atoms with E-state index in [1.54, 1.807) is 13.8 Å². The third-order valence-corrected chi connectivity index (χ3v) is 4.25. The van der Waals surface area contributed by atoms with Gasteiger partial charge in [0.1, 0.15) is 0 Å². The molecule has 1 aliphatic heterocycles. The summed E-state index contributed by atoms with van der Waals surface area (Å²) in [6.07, 6.45) is 0.749. The van der Waals surface area contributed by atoms with E-state index in [1.807, 2.05) is 6.92 Å². The summed E-state index contributed by atoms with van der Waals surface area (Å²) in [5.74, 6) is 0. The van der Waals surface area contributed by atoms with Crippen LogP contribution in [0.4, 0.5) is 0 Å². The first-order valence-electron chi connectivity index (χ1n) is 4.46. The van der Waals surface area contributed by atoms with Crippen molar-refractivity contribution in [1.29, 1.82) is 0 Å². The van der Waals surface area contributed by atoms with Gasteiger partial charge in [-0.1, -0.05) is 0 Å². The van der Waals surface area contributed by atoms with Gasteiger partial charge >= 0.3 is 0 Å². The fourth-order valence-electron chi connectivity index (χ4n) is 1.21. The molecular formula is C8H17NO3S. The van der Waals surface area contributed by atoms with E-state index >= 15 is 0 Å². The van der Waals surface area contributed by atoms with E-state index in [0.717, 1.165) is 6.42 Å². The van der Waals surface area contributed by atoms with Gasteiger partial charge < -0.3 is 4.74 Å². The molecule has 0 radical (unpaired) electrons. The Morgan fingerprint density at radius 2 is 2.08 bits per heavy atom. The molecule has 0 aromatic rings. The van der Waals surface area contributed by atoms with Gasteiger partial charge in [-0.3, -0.25) is 0 Å². The van der Waals surface area contributed by atoms with Crippen LogP contribution in [0.1, 0.15) is 27.2 Å². The third-order valence-electron chi connectivity index (χ3n) is 2.23. The second kappa shape index (κ2) is 3.55. The molecule has 1 fully saturated rings. The highest BCUT2D eigenvalue weighted by Gasteiger charge is 2.34. The average Bonchev–Trinajstić information content (AvgIpc) is 2.34. The van der Waals surface area contributed by atoms with Gasteiger partial charge in [-0.15, -0.1) is 0 Å². The van der Waals surface area contributed by atoms with Crippen molar-refractivity contribution in [1.82, 2.24) is 4.72 Å². The summed E-state index contributed by atoms with van der Waals surface area (Å²) in [5.41, 5.74) is -0.400. The van der Waals surface area contributed by atoms with Crippen molar-refractivity contribution in [3.63, 3.8) is 0 Å². The fourth-order valence-corrected chi connectivity index (χ4v) is 2.29. The van der Waals surface area contributed by atoms with E-state index in [0.29, 0.717) is 13.2 Å². The summed E-state index contributed by atoms with van der Waals surface area (Å²) in [4.78, 5) is 0. The van der Waals surface area contributed by atoms with E-state index in [2.05, 4.69) is 4.72 Å². The lowest BCUT2D eigenvalue weighted by molar-refractivity contribution is 0.178. The van der Waals surface area contributed by atoms with E-state index in [9.17, 15) is 8.42 Å². The lowest BCUT2D eigenvalue weighted by Crippen LogP contribution is -2.48. The second-order valence-electron chi connectivity index (χ2n) is 4.06. The lowest BCUT2D eigenvalue weighted by atomic mass is 10.0.